The van der Waals surface area contributed by atoms with Gasteiger partial charge in [0.2, 0.25) is 5.91 Å². The molecule has 0 radical (unpaired) electrons. The van der Waals surface area contributed by atoms with Crippen LogP contribution >= 0.6 is 0 Å². The molecule has 4 heterocycles. The summed E-state index contributed by atoms with van der Waals surface area (Å²) in [5.41, 5.74) is 1.81. The zero-order valence-corrected chi connectivity index (χ0v) is 18.7. The van der Waals surface area contributed by atoms with Gasteiger partial charge in [0, 0.05) is 51.4 Å². The molecule has 0 spiro atoms. The number of aromatic nitrogens is 2. The first-order valence-electron chi connectivity index (χ1n) is 11.4. The van der Waals surface area contributed by atoms with Gasteiger partial charge in [-0.15, -0.1) is 0 Å². The van der Waals surface area contributed by atoms with Crippen molar-refractivity contribution in [3.8, 4) is 0 Å². The van der Waals surface area contributed by atoms with Gasteiger partial charge in [-0.2, -0.15) is 0 Å². The number of benzene rings is 1. The molecule has 2 aromatic heterocycles. The Morgan fingerprint density at radius 3 is 2.21 bits per heavy atom. The van der Waals surface area contributed by atoms with Crippen molar-refractivity contribution < 1.29 is 14.4 Å². The Hall–Kier alpha value is -3.68. The Kier molecular flexibility index (Phi) is 5.58. The lowest BCUT2D eigenvalue weighted by Crippen LogP contribution is -2.50. The molecule has 2 fully saturated rings. The predicted molar refractivity (Wildman–Crippen MR) is 123 cm³/mol. The van der Waals surface area contributed by atoms with Crippen LogP contribution in [0, 0.1) is 0 Å². The summed E-state index contributed by atoms with van der Waals surface area (Å²) in [7, 11) is 0. The smallest absolute Gasteiger partial charge is 0.274 e. The highest BCUT2D eigenvalue weighted by Crippen LogP contribution is 2.32. The number of carbonyl (C=O) groups is 3. The van der Waals surface area contributed by atoms with Gasteiger partial charge in [-0.25, -0.2) is 4.98 Å². The van der Waals surface area contributed by atoms with Gasteiger partial charge in [-0.1, -0.05) is 24.3 Å². The number of amides is 3. The summed E-state index contributed by atoms with van der Waals surface area (Å²) >= 11 is 0. The first kappa shape index (κ1) is 21.2. The van der Waals surface area contributed by atoms with E-state index < -0.39 is 0 Å². The minimum absolute atomic E-state index is 0.0111. The molecule has 0 N–H and O–H groups in total. The molecule has 170 valence electrons. The van der Waals surface area contributed by atoms with Gasteiger partial charge in [0.15, 0.2) is 5.69 Å². The minimum Gasteiger partial charge on any atom is -0.335 e. The minimum atomic E-state index is -0.135. The number of carbonyl (C=O) groups excluding carboxylic acids is 3. The SMILES string of the molecule is CC(=O)N1CCCC1c1nc(C(=O)N2CCN(C(=O)c3ccccc3)CC2)c2ccccn12. The van der Waals surface area contributed by atoms with Crippen LogP contribution < -0.4 is 0 Å². The molecule has 8 heteroatoms. The first-order valence-corrected chi connectivity index (χ1v) is 11.4. The lowest BCUT2D eigenvalue weighted by Gasteiger charge is -2.34. The standard InChI is InChI=1S/C25H27N5O3/c1-18(31)29-13-7-11-21(29)23-26-22(20-10-5-6-12-30(20)23)25(33)28-16-14-27(15-17-28)24(32)19-8-3-2-4-9-19/h2-6,8-10,12,21H,7,11,13-17H2,1H3. The summed E-state index contributed by atoms with van der Waals surface area (Å²) < 4.78 is 1.94. The summed E-state index contributed by atoms with van der Waals surface area (Å²) in [4.78, 5) is 48.5. The molecule has 0 aliphatic carbocycles. The van der Waals surface area contributed by atoms with Crippen molar-refractivity contribution in [3.63, 3.8) is 0 Å². The van der Waals surface area contributed by atoms with Crippen molar-refractivity contribution >= 4 is 23.2 Å². The van der Waals surface area contributed by atoms with Crippen LogP contribution in [0.2, 0.25) is 0 Å². The van der Waals surface area contributed by atoms with Crippen LogP contribution in [0.25, 0.3) is 5.52 Å². The monoisotopic (exact) mass is 445 g/mol. The molecule has 2 aliphatic heterocycles. The van der Waals surface area contributed by atoms with E-state index in [1.54, 1.807) is 16.7 Å². The fourth-order valence-corrected chi connectivity index (χ4v) is 4.89. The summed E-state index contributed by atoms with van der Waals surface area (Å²) in [6.45, 7) is 4.18. The second-order valence-corrected chi connectivity index (χ2v) is 8.60. The Morgan fingerprint density at radius 2 is 1.52 bits per heavy atom. The molecule has 3 aromatic rings. The normalized spacial score (nSPS) is 18.7. The Bertz CT molecular complexity index is 1200. The molecule has 33 heavy (non-hydrogen) atoms. The fraction of sp³-hybridized carbons (Fsp3) is 0.360. The van der Waals surface area contributed by atoms with Crippen LogP contribution in [-0.4, -0.2) is 74.5 Å². The number of nitrogens with zero attached hydrogens (tertiary/aromatic N) is 5. The molecular weight excluding hydrogens is 418 g/mol. The number of piperazine rings is 1. The maximum atomic E-state index is 13.5. The summed E-state index contributed by atoms with van der Waals surface area (Å²) in [6.07, 6.45) is 3.66. The van der Waals surface area contributed by atoms with Gasteiger partial charge in [0.05, 0.1) is 11.6 Å². The maximum Gasteiger partial charge on any atom is 0.274 e. The third kappa shape index (κ3) is 3.86. The molecular formula is C25H27N5O3. The van der Waals surface area contributed by atoms with Crippen molar-refractivity contribution in [2.24, 2.45) is 0 Å². The van der Waals surface area contributed by atoms with Crippen LogP contribution in [0.5, 0.6) is 0 Å². The number of likely N-dealkylation sites (tertiary alicyclic amines) is 1. The number of hydrogen-bond donors (Lipinski definition) is 0. The molecule has 1 aromatic carbocycles. The topological polar surface area (TPSA) is 78.2 Å². The highest BCUT2D eigenvalue weighted by Gasteiger charge is 2.34. The number of rotatable bonds is 3. The summed E-state index contributed by atoms with van der Waals surface area (Å²) in [5, 5.41) is 0. The predicted octanol–water partition coefficient (Wildman–Crippen LogP) is 2.62. The Morgan fingerprint density at radius 1 is 0.848 bits per heavy atom. The number of pyridine rings is 1. The van der Waals surface area contributed by atoms with Gasteiger partial charge < -0.3 is 19.1 Å². The van der Waals surface area contributed by atoms with Gasteiger partial charge >= 0.3 is 0 Å². The molecule has 0 saturated carbocycles. The average Bonchev–Trinajstić information content (AvgIpc) is 3.49. The number of imidazole rings is 1. The molecule has 2 aliphatic rings. The Labute approximate surface area is 192 Å². The van der Waals surface area contributed by atoms with Crippen LogP contribution in [-0.2, 0) is 4.79 Å². The largest absolute Gasteiger partial charge is 0.335 e. The van der Waals surface area contributed by atoms with E-state index in [1.165, 1.54) is 0 Å². The third-order valence-electron chi connectivity index (χ3n) is 6.61. The van der Waals surface area contributed by atoms with Crippen molar-refractivity contribution in [2.45, 2.75) is 25.8 Å². The summed E-state index contributed by atoms with van der Waals surface area (Å²) in [5.74, 6) is 0.615. The van der Waals surface area contributed by atoms with E-state index in [4.69, 9.17) is 4.98 Å². The molecule has 2 saturated heterocycles. The van der Waals surface area contributed by atoms with Gasteiger partial charge in [-0.05, 0) is 37.1 Å². The zero-order chi connectivity index (χ0) is 22.9. The van der Waals surface area contributed by atoms with Crippen LogP contribution in [0.15, 0.2) is 54.7 Å². The van der Waals surface area contributed by atoms with E-state index in [1.807, 2.05) is 64.0 Å². The van der Waals surface area contributed by atoms with Crippen LogP contribution in [0.3, 0.4) is 0 Å². The maximum absolute atomic E-state index is 13.5. The van der Waals surface area contributed by atoms with Crippen LogP contribution in [0.1, 0.15) is 52.5 Å². The zero-order valence-electron chi connectivity index (χ0n) is 18.7. The van der Waals surface area contributed by atoms with Crippen molar-refractivity contribution in [2.75, 3.05) is 32.7 Å². The van der Waals surface area contributed by atoms with Gasteiger partial charge in [0.1, 0.15) is 5.82 Å². The van der Waals surface area contributed by atoms with E-state index in [-0.39, 0.29) is 23.8 Å². The van der Waals surface area contributed by atoms with E-state index in [2.05, 4.69) is 0 Å². The molecule has 8 nitrogen and oxygen atoms in total. The second kappa shape index (κ2) is 8.69. The number of hydrogen-bond acceptors (Lipinski definition) is 4. The molecule has 1 unspecified atom stereocenters. The van der Waals surface area contributed by atoms with Crippen molar-refractivity contribution in [1.82, 2.24) is 24.1 Å². The summed E-state index contributed by atoms with van der Waals surface area (Å²) in [6, 6.07) is 14.8. The number of fused-ring (bicyclic) bond motifs is 1. The third-order valence-corrected chi connectivity index (χ3v) is 6.61. The van der Waals surface area contributed by atoms with Crippen LogP contribution in [0.4, 0.5) is 0 Å². The fourth-order valence-electron chi connectivity index (χ4n) is 4.89. The van der Waals surface area contributed by atoms with Gasteiger partial charge in [0.25, 0.3) is 11.8 Å². The van der Waals surface area contributed by atoms with Crippen molar-refractivity contribution in [3.05, 3.63) is 71.8 Å². The van der Waals surface area contributed by atoms with E-state index in [0.717, 1.165) is 24.2 Å². The molecule has 1 atom stereocenters. The lowest BCUT2D eigenvalue weighted by atomic mass is 10.2. The molecule has 3 amide bonds. The van der Waals surface area contributed by atoms with E-state index in [0.29, 0.717) is 44.0 Å². The average molecular weight is 446 g/mol. The van der Waals surface area contributed by atoms with E-state index in [9.17, 15) is 14.4 Å². The van der Waals surface area contributed by atoms with E-state index >= 15 is 0 Å². The van der Waals surface area contributed by atoms with Gasteiger partial charge in [-0.3, -0.25) is 14.4 Å². The first-order chi connectivity index (χ1) is 16.0. The van der Waals surface area contributed by atoms with Crippen molar-refractivity contribution in [1.29, 1.82) is 0 Å². The quantitative estimate of drug-likeness (QED) is 0.621. The lowest BCUT2D eigenvalue weighted by molar-refractivity contribution is -0.129. The highest BCUT2D eigenvalue weighted by atomic mass is 16.2. The second-order valence-electron chi connectivity index (χ2n) is 8.60. The molecule has 0 bridgehead atoms. The Balaban J connectivity index is 1.36. The molecule has 5 rings (SSSR count). The highest BCUT2D eigenvalue weighted by molar-refractivity contribution is 5.99.